The molecule has 3 saturated carbocycles. The number of anilines is 3. The van der Waals surface area contributed by atoms with Gasteiger partial charge < -0.3 is 76.2 Å². The summed E-state index contributed by atoms with van der Waals surface area (Å²) in [6, 6.07) is 10.4. The summed E-state index contributed by atoms with van der Waals surface area (Å²) in [4.78, 5) is 93.7. The van der Waals surface area contributed by atoms with Gasteiger partial charge in [0.15, 0.2) is 11.4 Å². The van der Waals surface area contributed by atoms with Gasteiger partial charge in [-0.05, 0) is 87.9 Å². The van der Waals surface area contributed by atoms with E-state index < -0.39 is 51.4 Å². The molecule has 0 amide bonds. The van der Waals surface area contributed by atoms with Crippen molar-refractivity contribution in [1.29, 1.82) is 10.8 Å². The number of fused-ring (bicyclic) bond motifs is 3. The van der Waals surface area contributed by atoms with Gasteiger partial charge in [0.05, 0.1) is 53.1 Å². The largest absolute Gasteiger partial charge is 0.477 e. The Hall–Kier alpha value is -10.0. The first kappa shape index (κ1) is 64.1. The number of nitrogens with one attached hydrogen (secondary N) is 2. The molecule has 0 spiro atoms. The number of carboxylic acid groups (broad SMARTS) is 2. The molecule has 0 radical (unpaired) electrons. The lowest BCUT2D eigenvalue weighted by atomic mass is 10.1. The molecular formula is C64H77F3N20O7. The molecule has 0 unspecified atom stereocenters. The lowest BCUT2D eigenvalue weighted by Crippen LogP contribution is -2.51. The highest BCUT2D eigenvalue weighted by molar-refractivity contribution is 6.01. The lowest BCUT2D eigenvalue weighted by Gasteiger charge is -2.37. The van der Waals surface area contributed by atoms with Gasteiger partial charge in [0, 0.05) is 157 Å². The van der Waals surface area contributed by atoms with E-state index in [9.17, 15) is 34.2 Å². The van der Waals surface area contributed by atoms with E-state index in [1.54, 1.807) is 38.4 Å². The summed E-state index contributed by atoms with van der Waals surface area (Å²) in [5, 5.41) is 37.5. The van der Waals surface area contributed by atoms with E-state index in [2.05, 4.69) is 29.4 Å². The molecule has 0 atom stereocenters. The fraction of sp³-hybridized carbons (Fsp3) is 0.453. The number of carbonyl (C=O) groups is 2. The molecule has 6 aromatic rings. The molecule has 3 aromatic heterocycles. The molecule has 30 heteroatoms. The van der Waals surface area contributed by atoms with Crippen LogP contribution >= 0.6 is 0 Å². The second-order valence-electron chi connectivity index (χ2n) is 24.9. The van der Waals surface area contributed by atoms with E-state index in [-0.39, 0.29) is 88.9 Å². The van der Waals surface area contributed by atoms with Crippen molar-refractivity contribution >= 4 is 97.1 Å². The number of aromatic nitrogens is 3. The van der Waals surface area contributed by atoms with E-state index in [1.807, 2.05) is 24.5 Å². The van der Waals surface area contributed by atoms with Gasteiger partial charge in [-0.25, -0.2) is 27.8 Å². The van der Waals surface area contributed by atoms with Crippen LogP contribution in [0.1, 0.15) is 96.6 Å². The number of carboxylic acids is 2. The van der Waals surface area contributed by atoms with E-state index >= 15 is 13.2 Å². The summed E-state index contributed by atoms with van der Waals surface area (Å²) in [7, 11) is 0. The number of hydrogen-bond acceptors (Lipinski definition) is 13. The maximum Gasteiger partial charge on any atom is 0.341 e. The third kappa shape index (κ3) is 14.0. The maximum atomic E-state index is 15.7. The molecule has 3 aliphatic heterocycles. The Labute approximate surface area is 537 Å². The van der Waals surface area contributed by atoms with Crippen molar-refractivity contribution in [3.63, 3.8) is 0 Å². The van der Waals surface area contributed by atoms with Crippen molar-refractivity contribution in [3.05, 3.63) is 120 Å². The number of pyridine rings is 3. The molecular weight excluding hydrogens is 1220 g/mol. The minimum Gasteiger partial charge on any atom is -0.477 e. The lowest BCUT2D eigenvalue weighted by molar-refractivity contribution is 0.0684. The van der Waals surface area contributed by atoms with Crippen molar-refractivity contribution < 1.29 is 33.0 Å². The molecule has 6 fully saturated rings. The number of guanidine groups is 3. The maximum absolute atomic E-state index is 15.7. The molecule has 12 N–H and O–H groups in total. The number of halogens is 3. The summed E-state index contributed by atoms with van der Waals surface area (Å²) in [6.45, 7) is 6.44. The summed E-state index contributed by atoms with van der Waals surface area (Å²) in [5.41, 5.74) is 25.9. The van der Waals surface area contributed by atoms with Gasteiger partial charge in [0.1, 0.15) is 46.1 Å². The fourth-order valence-electron chi connectivity index (χ4n) is 12.8. The molecule has 12 rings (SSSR count). The smallest absolute Gasteiger partial charge is 0.341 e. The molecule has 6 aliphatic rings. The van der Waals surface area contributed by atoms with Gasteiger partial charge in [-0.15, -0.1) is 0 Å². The number of aliphatic imine (C=N–C) groups is 4. The van der Waals surface area contributed by atoms with Crippen LogP contribution in [0.2, 0.25) is 0 Å². The first-order valence-electron chi connectivity index (χ1n) is 31.9. The Morgan fingerprint density at radius 3 is 1.46 bits per heavy atom. The van der Waals surface area contributed by atoms with Gasteiger partial charge in [-0.3, -0.25) is 40.1 Å². The highest BCUT2D eigenvalue weighted by Gasteiger charge is 2.33. The number of nitrogens with zero attached hydrogens (tertiary/aromatic N) is 14. The number of nitrogens with two attached hydrogens (primary N) is 4. The summed E-state index contributed by atoms with van der Waals surface area (Å²) in [6.07, 6.45) is 10.8. The Balaban J connectivity index is 0.656. The van der Waals surface area contributed by atoms with Crippen LogP contribution in [0.25, 0.3) is 32.7 Å². The van der Waals surface area contributed by atoms with E-state index in [1.165, 1.54) is 24.5 Å². The molecule has 3 aromatic carbocycles. The highest BCUT2D eigenvalue weighted by atomic mass is 19.1. The Bertz CT molecular complexity index is 4320. The van der Waals surface area contributed by atoms with Gasteiger partial charge in [-0.2, -0.15) is 4.99 Å². The van der Waals surface area contributed by atoms with Crippen molar-refractivity contribution in [2.45, 2.75) is 75.9 Å². The molecule has 0 bridgehead atoms. The van der Waals surface area contributed by atoms with Crippen LogP contribution in [0, 0.1) is 28.3 Å². The topological polar surface area (TPSA) is 365 Å². The van der Waals surface area contributed by atoms with Gasteiger partial charge in [0.2, 0.25) is 22.8 Å². The van der Waals surface area contributed by atoms with Crippen molar-refractivity contribution in [1.82, 2.24) is 33.3 Å². The van der Waals surface area contributed by atoms with Crippen LogP contribution < -0.4 is 53.9 Å². The summed E-state index contributed by atoms with van der Waals surface area (Å²) < 4.78 is 52.6. The first-order chi connectivity index (χ1) is 45.2. The zero-order valence-corrected chi connectivity index (χ0v) is 52.0. The highest BCUT2D eigenvalue weighted by Crippen LogP contribution is 2.41. The number of piperazine rings is 3. The number of benzene rings is 3. The quantitative estimate of drug-likeness (QED) is 0.0396. The van der Waals surface area contributed by atoms with Gasteiger partial charge in [0.25, 0.3) is 0 Å². The first-order valence-corrected chi connectivity index (χ1v) is 31.9. The molecule has 27 nitrogen and oxygen atoms in total. The van der Waals surface area contributed by atoms with Gasteiger partial charge >= 0.3 is 11.9 Å². The normalized spacial score (nSPS) is 18.0. The van der Waals surface area contributed by atoms with E-state index in [0.717, 1.165) is 50.7 Å². The van der Waals surface area contributed by atoms with Crippen molar-refractivity contribution in [2.75, 3.05) is 126 Å². The Kier molecular flexibility index (Phi) is 18.4. The number of amidine groups is 3. The van der Waals surface area contributed by atoms with E-state index in [0.29, 0.717) is 150 Å². The fourth-order valence-corrected chi connectivity index (χ4v) is 12.8. The Morgan fingerprint density at radius 1 is 0.543 bits per heavy atom. The minimum absolute atomic E-state index is 0.00231. The predicted molar refractivity (Wildman–Crippen MR) is 357 cm³/mol. The Morgan fingerprint density at radius 2 is 0.979 bits per heavy atom. The summed E-state index contributed by atoms with van der Waals surface area (Å²) in [5.74, 6) is -3.65. The van der Waals surface area contributed by atoms with Crippen LogP contribution in [0.3, 0.4) is 0 Å². The monoisotopic (exact) mass is 1290 g/mol. The van der Waals surface area contributed by atoms with Gasteiger partial charge in [-0.1, -0.05) is 0 Å². The molecule has 94 heavy (non-hydrogen) atoms. The number of aromatic carboxylic acids is 2. The number of rotatable bonds is 20. The van der Waals surface area contributed by atoms with E-state index in [4.69, 9.17) is 33.8 Å². The van der Waals surface area contributed by atoms with Crippen molar-refractivity contribution in [3.8, 4) is 0 Å². The second-order valence-corrected chi connectivity index (χ2v) is 24.9. The summed E-state index contributed by atoms with van der Waals surface area (Å²) >= 11 is 0. The zero-order valence-electron chi connectivity index (χ0n) is 52.0. The average Bonchev–Trinajstić information content (AvgIpc) is 1.55. The second kappa shape index (κ2) is 26.9. The zero-order chi connectivity index (χ0) is 66.2. The molecule has 496 valence electrons. The van der Waals surface area contributed by atoms with Crippen LogP contribution in [-0.4, -0.2) is 202 Å². The predicted octanol–water partition coefficient (Wildman–Crippen LogP) is 3.94. The standard InChI is InChI=1S/C64H77F3N20O7/c65-45-28-40-48(85(37-3-4-37)13-9-54(40)88)31-51(45)80-18-24-83(25-19-80)63(72)76-55(68)2-1-12-78(14-10-74-56(69)34-57(70)82-22-16-79(17-23-82)52-32-49-41(29-46(52)66)58(89)43(60(91)92)35-86(49)38-5-6-38)15-11-75-62(71)77-64(73)84-26-20-81(21-27-84)53-33-50-42(30-47(53)67)59(90)44(61(93)94)36-87(50)39-7-8-39/h9,13,28-33,35-39,70H,1-8,10-12,14-27,34H2,(H2,69,74)(H,91,92)(H,93,94)(H3,68,72,76)(H4,71,73,75,77). The third-order valence-electron chi connectivity index (χ3n) is 18.5. The molecule has 6 heterocycles. The van der Waals surface area contributed by atoms with Crippen LogP contribution in [0.4, 0.5) is 30.2 Å². The SMILES string of the molecule is N=C(CC(N)=NCCN(CCCC(N)=NC(=N)N1CCN(c2cc3c(cc2F)c(=O)ccn3C2CC2)CC1)CCN=C(N)N=C(N)N1CCN(c2cc3c(cc2F)c(=O)c(C(=O)O)cn3C2CC2)CC1)N1CCN(c2cc3c(cc2F)c(=O)c(C(=O)O)cn3C2CC2)CC1. The van der Waals surface area contributed by atoms with Crippen LogP contribution in [0.5, 0.6) is 0 Å². The number of hydrogen-bond donors (Lipinski definition) is 8. The van der Waals surface area contributed by atoms with Crippen LogP contribution in [0.15, 0.2) is 95.4 Å². The third-order valence-corrected chi connectivity index (χ3v) is 18.5. The average molecular weight is 1300 g/mol. The van der Waals surface area contributed by atoms with Crippen molar-refractivity contribution in [2.24, 2.45) is 42.9 Å². The molecule has 3 aliphatic carbocycles. The van der Waals surface area contributed by atoms with Crippen LogP contribution in [-0.2, 0) is 0 Å². The molecule has 3 saturated heterocycles. The minimum atomic E-state index is -1.36.